The summed E-state index contributed by atoms with van der Waals surface area (Å²) in [6.07, 6.45) is 2.99. The van der Waals surface area contributed by atoms with Crippen molar-refractivity contribution in [2.24, 2.45) is 5.92 Å². The van der Waals surface area contributed by atoms with Gasteiger partial charge in [0, 0.05) is 17.5 Å². The molecule has 158 valence electrons. The van der Waals surface area contributed by atoms with E-state index in [4.69, 9.17) is 0 Å². The Bertz CT molecular complexity index is 1330. The van der Waals surface area contributed by atoms with Crippen LogP contribution in [0.2, 0.25) is 0 Å². The largest absolute Gasteiger partial charge is 0.335 e. The third-order valence-corrected chi connectivity index (χ3v) is 6.66. The maximum Gasteiger partial charge on any atom is 0.252 e. The molecule has 1 unspecified atom stereocenters. The Morgan fingerprint density at radius 1 is 1.16 bits per heavy atom. The highest BCUT2D eigenvalue weighted by atomic mass is 19.2. The van der Waals surface area contributed by atoms with Crippen LogP contribution in [-0.4, -0.2) is 28.4 Å². The lowest BCUT2D eigenvalue weighted by atomic mass is 9.95. The Balaban J connectivity index is 1.47. The number of amides is 1. The molecule has 2 aromatic carbocycles. The maximum atomic E-state index is 14.4. The number of carbonyl (C=O) groups is 1. The smallest absolute Gasteiger partial charge is 0.252 e. The number of benzene rings is 2. The van der Waals surface area contributed by atoms with Crippen LogP contribution < -0.4 is 5.56 Å². The predicted molar refractivity (Wildman–Crippen MR) is 116 cm³/mol. The van der Waals surface area contributed by atoms with Crippen LogP contribution >= 0.6 is 0 Å². The highest BCUT2D eigenvalue weighted by molar-refractivity contribution is 5.88. The van der Waals surface area contributed by atoms with Crippen LogP contribution in [0.3, 0.4) is 0 Å². The van der Waals surface area contributed by atoms with E-state index in [-0.39, 0.29) is 34.8 Å². The quantitative estimate of drug-likeness (QED) is 0.688. The van der Waals surface area contributed by atoms with Gasteiger partial charge < -0.3 is 9.88 Å². The van der Waals surface area contributed by atoms with Crippen molar-refractivity contribution in [2.75, 3.05) is 6.54 Å². The summed E-state index contributed by atoms with van der Waals surface area (Å²) in [6.45, 7) is 4.24. The molecular formula is C25H22F2N2O2. The minimum absolute atomic E-state index is 0.0193. The van der Waals surface area contributed by atoms with Gasteiger partial charge in [0.1, 0.15) is 0 Å². The summed E-state index contributed by atoms with van der Waals surface area (Å²) >= 11 is 0. The SMILES string of the molecule is Cc1ccccc1C1=CC2C[C@H]1N(C(=O)Cc1c(C)c3c(F)c(F)ccc3[nH]c1=O)C2. The minimum Gasteiger partial charge on any atom is -0.335 e. The molecule has 2 aliphatic rings. The molecule has 0 spiro atoms. The molecule has 1 aliphatic heterocycles. The number of likely N-dealkylation sites (tertiary alicyclic amines) is 1. The molecule has 1 N–H and O–H groups in total. The fourth-order valence-corrected chi connectivity index (χ4v) is 5.10. The van der Waals surface area contributed by atoms with Crippen molar-refractivity contribution < 1.29 is 13.6 Å². The fraction of sp³-hybridized carbons (Fsp3) is 0.280. The van der Waals surface area contributed by atoms with E-state index >= 15 is 0 Å². The highest BCUT2D eigenvalue weighted by Crippen LogP contribution is 2.42. The zero-order chi connectivity index (χ0) is 21.9. The summed E-state index contributed by atoms with van der Waals surface area (Å²) in [5.41, 5.74) is 3.73. The van der Waals surface area contributed by atoms with Crippen LogP contribution in [0, 0.1) is 31.4 Å². The van der Waals surface area contributed by atoms with Crippen molar-refractivity contribution >= 4 is 22.4 Å². The summed E-state index contributed by atoms with van der Waals surface area (Å²) in [6, 6.07) is 10.4. The number of nitrogens with zero attached hydrogens (tertiary/aromatic N) is 1. The molecule has 1 aliphatic carbocycles. The van der Waals surface area contributed by atoms with Gasteiger partial charge in [-0.25, -0.2) is 8.78 Å². The van der Waals surface area contributed by atoms with Gasteiger partial charge in [-0.15, -0.1) is 0 Å². The Morgan fingerprint density at radius 2 is 1.94 bits per heavy atom. The average molecular weight is 420 g/mol. The molecule has 4 nitrogen and oxygen atoms in total. The van der Waals surface area contributed by atoms with E-state index in [0.29, 0.717) is 18.0 Å². The Kier molecular flexibility index (Phi) is 4.54. The monoisotopic (exact) mass is 420 g/mol. The third-order valence-electron chi connectivity index (χ3n) is 6.66. The predicted octanol–water partition coefficient (Wildman–Crippen LogP) is 4.28. The van der Waals surface area contributed by atoms with Gasteiger partial charge in [0.15, 0.2) is 11.6 Å². The van der Waals surface area contributed by atoms with E-state index in [9.17, 15) is 18.4 Å². The molecule has 1 saturated heterocycles. The lowest BCUT2D eigenvalue weighted by molar-refractivity contribution is -0.130. The zero-order valence-electron chi connectivity index (χ0n) is 17.3. The van der Waals surface area contributed by atoms with Crippen molar-refractivity contribution in [3.05, 3.63) is 86.7 Å². The first-order valence-electron chi connectivity index (χ1n) is 10.4. The topological polar surface area (TPSA) is 53.2 Å². The molecule has 2 atom stereocenters. The number of aromatic amines is 1. The number of fused-ring (bicyclic) bond motifs is 3. The first-order chi connectivity index (χ1) is 14.8. The standard InChI is InChI=1S/C25H22F2N2O2/c1-13-5-3-4-6-16(13)18-9-15-10-21(18)29(12-15)22(30)11-17-14(2)23-20(28-25(17)31)8-7-19(26)24(23)27/h3-9,15,21H,10-12H2,1-2H3,(H,28,31)/t15?,21-/m1/s1. The van der Waals surface area contributed by atoms with E-state index in [1.807, 2.05) is 17.0 Å². The molecule has 0 saturated carbocycles. The normalized spacial score (nSPS) is 19.9. The maximum absolute atomic E-state index is 14.4. The third kappa shape index (κ3) is 3.09. The lowest BCUT2D eigenvalue weighted by Crippen LogP contribution is -2.39. The highest BCUT2D eigenvalue weighted by Gasteiger charge is 2.42. The van der Waals surface area contributed by atoms with Crippen molar-refractivity contribution in [1.29, 1.82) is 0 Å². The van der Waals surface area contributed by atoms with Gasteiger partial charge in [0.2, 0.25) is 5.91 Å². The van der Waals surface area contributed by atoms with Gasteiger partial charge in [0.05, 0.1) is 18.0 Å². The van der Waals surface area contributed by atoms with E-state index in [1.54, 1.807) is 6.92 Å². The number of H-pyrrole nitrogens is 1. The summed E-state index contributed by atoms with van der Waals surface area (Å²) in [5, 5.41) is 0.0193. The Hall–Kier alpha value is -3.28. The molecule has 0 radical (unpaired) electrons. The van der Waals surface area contributed by atoms with Crippen LogP contribution in [0.4, 0.5) is 8.78 Å². The lowest BCUT2D eigenvalue weighted by Gasteiger charge is -2.29. The van der Waals surface area contributed by atoms with Gasteiger partial charge in [-0.3, -0.25) is 9.59 Å². The molecule has 1 fully saturated rings. The van der Waals surface area contributed by atoms with Crippen LogP contribution in [0.5, 0.6) is 0 Å². The molecule has 31 heavy (non-hydrogen) atoms. The second-order valence-corrected chi connectivity index (χ2v) is 8.51. The van der Waals surface area contributed by atoms with Crippen LogP contribution in [0.1, 0.15) is 28.7 Å². The van der Waals surface area contributed by atoms with Crippen LogP contribution in [0.15, 0.2) is 47.3 Å². The second-order valence-electron chi connectivity index (χ2n) is 8.51. The molecule has 2 heterocycles. The summed E-state index contributed by atoms with van der Waals surface area (Å²) < 4.78 is 28.2. The van der Waals surface area contributed by atoms with E-state index in [0.717, 1.165) is 29.2 Å². The number of rotatable bonds is 3. The van der Waals surface area contributed by atoms with Crippen molar-refractivity contribution in [3.8, 4) is 0 Å². The number of halogens is 2. The fourth-order valence-electron chi connectivity index (χ4n) is 5.10. The van der Waals surface area contributed by atoms with E-state index in [2.05, 4.69) is 30.1 Å². The number of carbonyl (C=O) groups excluding carboxylic acids is 1. The van der Waals surface area contributed by atoms with E-state index < -0.39 is 17.2 Å². The molecule has 6 heteroatoms. The number of nitrogens with one attached hydrogen (secondary N) is 1. The first-order valence-corrected chi connectivity index (χ1v) is 10.4. The molecule has 5 rings (SSSR count). The Labute approximate surface area is 178 Å². The zero-order valence-corrected chi connectivity index (χ0v) is 17.3. The summed E-state index contributed by atoms with van der Waals surface area (Å²) in [7, 11) is 0. The van der Waals surface area contributed by atoms with Gasteiger partial charge in [0.25, 0.3) is 5.56 Å². The number of aromatic nitrogens is 1. The van der Waals surface area contributed by atoms with Gasteiger partial charge in [-0.1, -0.05) is 30.3 Å². The second kappa shape index (κ2) is 7.15. The summed E-state index contributed by atoms with van der Waals surface area (Å²) in [4.78, 5) is 30.3. The van der Waals surface area contributed by atoms with Gasteiger partial charge in [-0.05, 0) is 60.6 Å². The Morgan fingerprint density at radius 3 is 2.68 bits per heavy atom. The van der Waals surface area contributed by atoms with Crippen LogP contribution in [0.25, 0.3) is 16.5 Å². The molecular weight excluding hydrogens is 398 g/mol. The minimum atomic E-state index is -1.01. The van der Waals surface area contributed by atoms with E-state index in [1.165, 1.54) is 6.07 Å². The number of hydrogen-bond acceptors (Lipinski definition) is 2. The van der Waals surface area contributed by atoms with Crippen molar-refractivity contribution in [3.63, 3.8) is 0 Å². The van der Waals surface area contributed by atoms with Gasteiger partial charge in [-0.2, -0.15) is 0 Å². The number of aryl methyl sites for hydroxylation is 2. The molecule has 3 aromatic rings. The number of hydrogen-bond donors (Lipinski definition) is 1. The summed E-state index contributed by atoms with van der Waals surface area (Å²) in [5.74, 6) is -1.86. The van der Waals surface area contributed by atoms with Crippen molar-refractivity contribution in [1.82, 2.24) is 9.88 Å². The molecule has 1 amide bonds. The molecule has 2 bridgehead atoms. The van der Waals surface area contributed by atoms with Crippen LogP contribution in [-0.2, 0) is 11.2 Å². The molecule has 1 aromatic heterocycles. The van der Waals surface area contributed by atoms with Crippen molar-refractivity contribution in [2.45, 2.75) is 32.7 Å². The van der Waals surface area contributed by atoms with Gasteiger partial charge >= 0.3 is 0 Å². The average Bonchev–Trinajstić information content (AvgIpc) is 3.35. The number of pyridine rings is 1. The first kappa shape index (κ1) is 19.7.